The molecule has 1 rings (SSSR count). The van der Waals surface area contributed by atoms with Gasteiger partial charge in [0.15, 0.2) is 0 Å². The lowest BCUT2D eigenvalue weighted by molar-refractivity contribution is -0.0627. The van der Waals surface area contributed by atoms with Crippen molar-refractivity contribution >= 4 is 14.2 Å². The quantitative estimate of drug-likeness (QED) is 0.434. The summed E-state index contributed by atoms with van der Waals surface area (Å²) in [6.45, 7) is 16.8. The number of nitrogens with zero attached hydrogens (tertiary/aromatic N) is 1. The highest BCUT2D eigenvalue weighted by molar-refractivity contribution is 6.83. The van der Waals surface area contributed by atoms with Crippen molar-refractivity contribution in [2.45, 2.75) is 90.9 Å². The molecule has 0 radical (unpaired) electrons. The number of rotatable bonds is 3. The van der Waals surface area contributed by atoms with Gasteiger partial charge in [-0.05, 0) is 47.5 Å². The van der Waals surface area contributed by atoms with Crippen molar-refractivity contribution < 1.29 is 14.3 Å². The summed E-state index contributed by atoms with van der Waals surface area (Å²) < 4.78 is 11.4. The van der Waals surface area contributed by atoms with Gasteiger partial charge in [-0.1, -0.05) is 19.6 Å². The molecule has 1 amide bonds. The molecule has 0 spiro atoms. The Morgan fingerprint density at radius 1 is 1.35 bits per heavy atom. The minimum absolute atomic E-state index is 0.0635. The second-order valence-electron chi connectivity index (χ2n) is 8.71. The van der Waals surface area contributed by atoms with Gasteiger partial charge in [0.1, 0.15) is 19.4 Å². The number of unbranched alkanes of at least 4 members (excludes halogenated alkanes) is 1. The molecule has 5 heteroatoms. The topological polar surface area (TPSA) is 38.8 Å². The second kappa shape index (κ2) is 7.27. The van der Waals surface area contributed by atoms with Crippen LogP contribution in [0.15, 0.2) is 0 Å². The molecule has 0 bridgehead atoms. The molecule has 0 aromatic rings. The zero-order valence-corrected chi connectivity index (χ0v) is 17.1. The molecule has 23 heavy (non-hydrogen) atoms. The molecular formula is C18H33NO3Si. The van der Waals surface area contributed by atoms with E-state index < -0.39 is 19.4 Å². The Morgan fingerprint density at radius 2 is 1.96 bits per heavy atom. The molecule has 0 aromatic heterocycles. The van der Waals surface area contributed by atoms with E-state index in [0.29, 0.717) is 6.61 Å². The van der Waals surface area contributed by atoms with E-state index in [-0.39, 0.29) is 12.1 Å². The van der Waals surface area contributed by atoms with Crippen LogP contribution in [0.25, 0.3) is 0 Å². The second-order valence-corrected chi connectivity index (χ2v) is 13.5. The number of hydrogen-bond donors (Lipinski definition) is 0. The first-order valence-corrected chi connectivity index (χ1v) is 12.0. The monoisotopic (exact) mass is 339 g/mol. The maximum absolute atomic E-state index is 12.5. The van der Waals surface area contributed by atoms with Crippen molar-refractivity contribution in [1.29, 1.82) is 0 Å². The van der Waals surface area contributed by atoms with E-state index in [1.54, 1.807) is 4.90 Å². The highest BCUT2D eigenvalue weighted by atomic mass is 28.3. The average Bonchev–Trinajstić information content (AvgIpc) is 2.60. The Balaban J connectivity index is 2.63. The predicted octanol–water partition coefficient (Wildman–Crippen LogP) is 4.41. The number of ether oxygens (including phenoxy) is 2. The van der Waals surface area contributed by atoms with Crippen molar-refractivity contribution in [3.8, 4) is 11.5 Å². The molecule has 1 aliphatic heterocycles. The summed E-state index contributed by atoms with van der Waals surface area (Å²) >= 11 is 0. The fraction of sp³-hybridized carbons (Fsp3) is 0.833. The van der Waals surface area contributed by atoms with Gasteiger partial charge in [-0.25, -0.2) is 4.79 Å². The number of carbonyl (C=O) groups is 1. The largest absolute Gasteiger partial charge is 0.444 e. The van der Waals surface area contributed by atoms with Gasteiger partial charge in [-0.2, -0.15) is 0 Å². The van der Waals surface area contributed by atoms with E-state index in [4.69, 9.17) is 9.47 Å². The molecule has 132 valence electrons. The summed E-state index contributed by atoms with van der Waals surface area (Å²) in [7, 11) is -1.29. The van der Waals surface area contributed by atoms with E-state index in [1.165, 1.54) is 0 Å². The van der Waals surface area contributed by atoms with Gasteiger partial charge in [0.2, 0.25) is 0 Å². The molecule has 0 N–H and O–H groups in total. The zero-order valence-electron chi connectivity index (χ0n) is 16.1. The van der Waals surface area contributed by atoms with Gasteiger partial charge >= 0.3 is 6.09 Å². The van der Waals surface area contributed by atoms with Crippen LogP contribution in [0.2, 0.25) is 19.6 Å². The van der Waals surface area contributed by atoms with Crippen LogP contribution >= 0.6 is 0 Å². The maximum Gasteiger partial charge on any atom is 0.412 e. The Kier molecular flexibility index (Phi) is 6.34. The summed E-state index contributed by atoms with van der Waals surface area (Å²) in [5.74, 6) is 3.29. The number of amides is 1. The highest BCUT2D eigenvalue weighted by Gasteiger charge is 2.45. The first kappa shape index (κ1) is 20.1. The van der Waals surface area contributed by atoms with Crippen LogP contribution in [-0.2, 0) is 9.47 Å². The van der Waals surface area contributed by atoms with Crippen molar-refractivity contribution in [3.05, 3.63) is 0 Å². The first-order valence-electron chi connectivity index (χ1n) is 8.48. The van der Waals surface area contributed by atoms with Gasteiger partial charge in [0.05, 0.1) is 12.6 Å². The summed E-state index contributed by atoms with van der Waals surface area (Å²) in [5.41, 5.74) is 2.27. The molecular weight excluding hydrogens is 306 g/mol. The predicted molar refractivity (Wildman–Crippen MR) is 96.9 cm³/mol. The molecule has 1 saturated heterocycles. The average molecular weight is 340 g/mol. The Hall–Kier alpha value is -0.993. The molecule has 1 fully saturated rings. The lowest BCUT2D eigenvalue weighted by Gasteiger charge is -2.35. The van der Waals surface area contributed by atoms with E-state index in [0.717, 1.165) is 19.3 Å². The Morgan fingerprint density at radius 3 is 2.48 bits per heavy atom. The molecule has 0 unspecified atom stereocenters. The minimum Gasteiger partial charge on any atom is -0.444 e. The molecule has 1 aliphatic rings. The van der Waals surface area contributed by atoms with E-state index in [9.17, 15) is 4.79 Å². The number of hydrogen-bond acceptors (Lipinski definition) is 3. The third-order valence-corrected chi connectivity index (χ3v) is 4.39. The van der Waals surface area contributed by atoms with Crippen molar-refractivity contribution in [3.63, 3.8) is 0 Å². The standard InChI is InChI=1S/C18H33NO3Si/c1-17(2,3)22-16(20)19-15(14-21-18(19,4)5)12-10-9-11-13-23(6,7)8/h15H,9-10,12,14H2,1-8H3/t15-/m0/s1. The lowest BCUT2D eigenvalue weighted by atomic mass is 10.1. The molecule has 0 saturated carbocycles. The molecule has 1 atom stereocenters. The fourth-order valence-electron chi connectivity index (χ4n) is 2.53. The van der Waals surface area contributed by atoms with Gasteiger partial charge in [-0.3, -0.25) is 4.90 Å². The summed E-state index contributed by atoms with van der Waals surface area (Å²) in [4.78, 5) is 14.3. The highest BCUT2D eigenvalue weighted by Crippen LogP contribution is 2.31. The van der Waals surface area contributed by atoms with Crippen LogP contribution in [-0.4, -0.2) is 43.0 Å². The van der Waals surface area contributed by atoms with Crippen molar-refractivity contribution in [1.82, 2.24) is 4.90 Å². The SMILES string of the molecule is CC(C)(C)OC(=O)N1[C@@H](CCCC#C[Si](C)(C)C)COC1(C)C. The summed E-state index contributed by atoms with van der Waals surface area (Å²) in [6, 6.07) is 0.0635. The normalized spacial score (nSPS) is 20.9. The maximum atomic E-state index is 12.5. The van der Waals surface area contributed by atoms with Crippen LogP contribution < -0.4 is 0 Å². The number of carbonyl (C=O) groups excluding carboxylic acids is 1. The molecule has 4 nitrogen and oxygen atoms in total. The van der Waals surface area contributed by atoms with E-state index in [1.807, 2.05) is 34.6 Å². The van der Waals surface area contributed by atoms with Gasteiger partial charge in [0.25, 0.3) is 0 Å². The molecule has 0 aromatic carbocycles. The van der Waals surface area contributed by atoms with Gasteiger partial charge < -0.3 is 9.47 Å². The summed E-state index contributed by atoms with van der Waals surface area (Å²) in [6.07, 6.45) is 2.45. The molecule has 0 aliphatic carbocycles. The van der Waals surface area contributed by atoms with Crippen molar-refractivity contribution in [2.75, 3.05) is 6.61 Å². The van der Waals surface area contributed by atoms with Crippen LogP contribution in [0.3, 0.4) is 0 Å². The van der Waals surface area contributed by atoms with Gasteiger partial charge in [0, 0.05) is 6.42 Å². The fourth-order valence-corrected chi connectivity index (χ4v) is 3.19. The van der Waals surface area contributed by atoms with Crippen molar-refractivity contribution in [2.24, 2.45) is 0 Å². The first-order chi connectivity index (χ1) is 10.3. The Bertz CT molecular complexity index is 477. The van der Waals surface area contributed by atoms with Crippen LogP contribution in [0, 0.1) is 11.5 Å². The van der Waals surface area contributed by atoms with Crippen LogP contribution in [0.5, 0.6) is 0 Å². The summed E-state index contributed by atoms with van der Waals surface area (Å²) in [5, 5.41) is 0. The van der Waals surface area contributed by atoms with E-state index >= 15 is 0 Å². The van der Waals surface area contributed by atoms with Gasteiger partial charge in [-0.15, -0.1) is 11.5 Å². The smallest absolute Gasteiger partial charge is 0.412 e. The zero-order chi connectivity index (χ0) is 17.9. The minimum atomic E-state index is -1.29. The van der Waals surface area contributed by atoms with E-state index in [2.05, 4.69) is 31.1 Å². The third kappa shape index (κ3) is 6.97. The van der Waals surface area contributed by atoms with Crippen LogP contribution in [0.4, 0.5) is 4.79 Å². The Labute approximate surface area is 142 Å². The lowest BCUT2D eigenvalue weighted by Crippen LogP contribution is -2.49. The van der Waals surface area contributed by atoms with Crippen LogP contribution in [0.1, 0.15) is 53.9 Å². The molecule has 1 heterocycles. The third-order valence-electron chi connectivity index (χ3n) is 3.47.